The molecular formula is C94H136Cl2N14O16. The van der Waals surface area contributed by atoms with Gasteiger partial charge in [0.25, 0.3) is 16.9 Å². The highest BCUT2D eigenvalue weighted by molar-refractivity contribution is 6.64. The number of piperidine rings is 8. The third kappa shape index (κ3) is 33.0. The molecule has 0 aliphatic carbocycles. The van der Waals surface area contributed by atoms with E-state index in [-0.39, 0.29) is 95.7 Å². The van der Waals surface area contributed by atoms with Crippen LogP contribution < -0.4 is 41.3 Å². The largest absolute Gasteiger partial charge is 0.490 e. The van der Waals surface area contributed by atoms with Crippen molar-refractivity contribution < 1.29 is 63.0 Å². The summed E-state index contributed by atoms with van der Waals surface area (Å²) in [5.41, 5.74) is 15.8. The number of nitrogens with two attached hydrogens (primary N) is 2. The Morgan fingerprint density at radius 3 is 1.09 bits per heavy atom. The summed E-state index contributed by atoms with van der Waals surface area (Å²) in [4.78, 5) is 113. The van der Waals surface area contributed by atoms with Crippen molar-refractivity contribution >= 4 is 86.6 Å². The predicted octanol–water partition coefficient (Wildman–Crippen LogP) is 13.8. The zero-order chi connectivity index (χ0) is 89.9. The Balaban J connectivity index is 0.000000242. The van der Waals surface area contributed by atoms with Crippen molar-refractivity contribution in [1.29, 1.82) is 0 Å². The van der Waals surface area contributed by atoms with Gasteiger partial charge in [-0.25, -0.2) is 9.78 Å². The predicted molar refractivity (Wildman–Crippen MR) is 499 cm³/mol. The number of hydrogen-bond donors (Lipinski definition) is 5. The van der Waals surface area contributed by atoms with E-state index in [1.54, 1.807) is 47.0 Å². The summed E-state index contributed by atoms with van der Waals surface area (Å²) in [5, 5.41) is 40.5. The van der Waals surface area contributed by atoms with E-state index in [2.05, 4.69) is 58.1 Å². The number of amides is 3. The van der Waals surface area contributed by atoms with Gasteiger partial charge >= 0.3 is 5.97 Å². The number of carbonyl (C=O) groups is 5. The molecule has 30 nitrogen and oxygen atoms in total. The smallest absolute Gasteiger partial charge is 0.337 e. The van der Waals surface area contributed by atoms with Gasteiger partial charge in [-0.05, 0) is 287 Å². The van der Waals surface area contributed by atoms with Crippen LogP contribution in [0.4, 0.5) is 22.7 Å². The van der Waals surface area contributed by atoms with E-state index >= 15 is 0 Å². The number of aliphatic hydroxyl groups excluding tert-OH is 1. The number of aryl methyl sites for hydroxylation is 3. The number of anilines is 2. The molecule has 0 bridgehead atoms. The number of ether oxygens (including phenoxy) is 4. The van der Waals surface area contributed by atoms with E-state index in [9.17, 15) is 49.0 Å². The number of carboxylic acids is 1. The normalized spacial score (nSPS) is 17.9. The van der Waals surface area contributed by atoms with E-state index < -0.39 is 15.8 Å². The van der Waals surface area contributed by atoms with E-state index in [1.165, 1.54) is 24.3 Å². The molecule has 126 heavy (non-hydrogen) atoms. The van der Waals surface area contributed by atoms with Crippen molar-refractivity contribution in [2.75, 3.05) is 151 Å². The molecule has 15 rings (SSSR count). The molecule has 3 amide bonds. The summed E-state index contributed by atoms with van der Waals surface area (Å²) >= 11 is 5.35. The summed E-state index contributed by atoms with van der Waals surface area (Å²) in [7, 11) is 9.41. The minimum Gasteiger partial charge on any atom is -0.490 e. The number of nitro groups is 2. The third-order valence-electron chi connectivity index (χ3n) is 23.7. The van der Waals surface area contributed by atoms with Gasteiger partial charge in [-0.2, -0.15) is 0 Å². The van der Waals surface area contributed by atoms with Gasteiger partial charge in [0.1, 0.15) is 53.2 Å². The number of nitro benzene ring substituents is 2. The van der Waals surface area contributed by atoms with Crippen molar-refractivity contribution in [2.24, 2.45) is 23.7 Å². The van der Waals surface area contributed by atoms with Gasteiger partial charge in [0, 0.05) is 144 Å². The van der Waals surface area contributed by atoms with Gasteiger partial charge in [-0.1, -0.05) is 44.5 Å². The molecule has 0 spiro atoms. The summed E-state index contributed by atoms with van der Waals surface area (Å²) in [5.74, 6) is 4.32. The second-order valence-electron chi connectivity index (χ2n) is 32.9. The number of benzene rings is 6. The van der Waals surface area contributed by atoms with Crippen LogP contribution in [0.5, 0.6) is 23.0 Å². The number of likely N-dealkylation sites (tertiary alicyclic amines) is 7. The van der Waals surface area contributed by atoms with Crippen LogP contribution in [0.1, 0.15) is 151 Å². The quantitative estimate of drug-likeness (QED) is 0.0260. The van der Waals surface area contributed by atoms with Gasteiger partial charge in [0.2, 0.25) is 23.0 Å². The van der Waals surface area contributed by atoms with Gasteiger partial charge in [0.05, 0.1) is 32.0 Å². The molecule has 8 fully saturated rings. The molecule has 0 atom stereocenters. The first-order valence-corrected chi connectivity index (χ1v) is 44.1. The van der Waals surface area contributed by atoms with Crippen LogP contribution in [0, 0.1) is 64.7 Å². The number of aromatic nitrogens is 2. The number of carbonyl (C=O) groups excluding carboxylic acids is 4. The first-order chi connectivity index (χ1) is 59.6. The van der Waals surface area contributed by atoms with Crippen LogP contribution >= 0.6 is 24.0 Å². The molecule has 32 heteroatoms. The molecule has 6 aromatic carbocycles. The van der Waals surface area contributed by atoms with E-state index in [4.69, 9.17) is 52.2 Å². The lowest BCUT2D eigenvalue weighted by Gasteiger charge is -2.36. The number of non-ortho nitro benzene ring substituents is 2. The molecule has 692 valence electrons. The number of nitrogen functional groups attached to an aromatic ring is 2. The number of carboxylic acid groups (broad SMARTS) is 1. The zero-order valence-corrected chi connectivity index (χ0v) is 76.0. The maximum absolute atomic E-state index is 13.2. The Kier molecular flexibility index (Phi) is 44.5. The molecule has 7 aromatic rings. The van der Waals surface area contributed by atoms with Gasteiger partial charge in [0.15, 0.2) is 0 Å². The lowest BCUT2D eigenvalue weighted by atomic mass is 9.94. The molecule has 7 N–H and O–H groups in total. The Morgan fingerprint density at radius 2 is 0.762 bits per heavy atom. The summed E-state index contributed by atoms with van der Waals surface area (Å²) < 4.78 is 25.5. The molecule has 1 aromatic heterocycles. The van der Waals surface area contributed by atoms with Crippen molar-refractivity contribution in [3.63, 3.8) is 0 Å². The second-order valence-corrected chi connectivity index (χ2v) is 33.3. The summed E-state index contributed by atoms with van der Waals surface area (Å²) in [6, 6.07) is 38.3. The molecule has 8 saturated heterocycles. The number of fused-ring (bicyclic) bond motifs is 1. The number of hydrogen-bond acceptors (Lipinski definition) is 23. The fourth-order valence-electron chi connectivity index (χ4n) is 16.1. The van der Waals surface area contributed by atoms with Crippen LogP contribution in [-0.2, 0) is 19.2 Å². The average Bonchev–Trinajstić information content (AvgIpc) is 0.772. The van der Waals surface area contributed by atoms with Gasteiger partial charge < -0.3 is 80.2 Å². The fourth-order valence-corrected chi connectivity index (χ4v) is 16.3. The van der Waals surface area contributed by atoms with Crippen molar-refractivity contribution in [3.8, 4) is 28.7 Å². The van der Waals surface area contributed by atoms with Crippen LogP contribution in [-0.4, -0.2) is 257 Å². The molecule has 8 aliphatic heterocycles. The van der Waals surface area contributed by atoms with Crippen LogP contribution in [0.2, 0.25) is 0 Å². The monoisotopic (exact) mass is 1790 g/mol. The first kappa shape index (κ1) is 105. The summed E-state index contributed by atoms with van der Waals surface area (Å²) in [6.07, 6.45) is 15.3. The van der Waals surface area contributed by atoms with E-state index in [0.29, 0.717) is 46.1 Å². The van der Waals surface area contributed by atoms with E-state index in [0.717, 1.165) is 254 Å². The average molecular weight is 1790 g/mol. The second kappa shape index (κ2) is 53.6. The molecule has 8 aliphatic rings. The highest BCUT2D eigenvalue weighted by Crippen LogP contribution is 2.31. The highest BCUT2D eigenvalue weighted by Gasteiger charge is 2.35. The van der Waals surface area contributed by atoms with Gasteiger partial charge in [-0.15, -0.1) is 12.4 Å². The van der Waals surface area contributed by atoms with E-state index in [1.807, 2.05) is 116 Å². The van der Waals surface area contributed by atoms with Crippen LogP contribution in [0.25, 0.3) is 16.6 Å². The number of aromatic carboxylic acids is 1. The van der Waals surface area contributed by atoms with Crippen molar-refractivity contribution in [1.82, 2.24) is 49.2 Å². The number of nitrogens with zero attached hydrogens (tertiary/aromatic N) is 11. The number of rotatable bonds is 16. The van der Waals surface area contributed by atoms with Crippen LogP contribution in [0.3, 0.4) is 0 Å². The zero-order valence-electron chi connectivity index (χ0n) is 74.4. The van der Waals surface area contributed by atoms with Gasteiger partial charge in [-0.3, -0.25) is 48.8 Å². The first-order valence-electron chi connectivity index (χ1n) is 43.8. The van der Waals surface area contributed by atoms with Crippen molar-refractivity contribution in [3.05, 3.63) is 187 Å². The molecule has 0 radical (unpaired) electrons. The lowest BCUT2D eigenvalue weighted by molar-refractivity contribution is -0.385. The van der Waals surface area contributed by atoms with Crippen molar-refractivity contribution in [2.45, 2.75) is 169 Å². The topological polar surface area (TPSA) is 371 Å². The third-order valence-corrected chi connectivity index (χ3v) is 24.0. The summed E-state index contributed by atoms with van der Waals surface area (Å²) in [6.45, 7) is 24.3. The Morgan fingerprint density at radius 1 is 0.452 bits per heavy atom. The number of aliphatic hydroxyl groups is 1. The van der Waals surface area contributed by atoms with Crippen LogP contribution in [0.15, 0.2) is 138 Å². The molecule has 0 unspecified atom stereocenters. The number of halogens is 2. The standard InChI is InChI=1S/C28H34N4O3.C18H25N3O4.C18H27N3O2.C11H14N2O3.C8H9NO2.C7H12ClNO.C2H6.CH4O.CH4.ClH/c1-19-4-9-26-25(18-19)28(34)32(20(2)29-26)22-5-7-23(8-6-22)35-24-12-16-31(17-13-24)27(33)21-10-14-30(3)15-11-21;1-19-10-6-14(7-11-19)18(22)20-12-8-17(9-13-20)25-16-4-2-15(3-5-16)21(23)24;1-20-10-6-14(7-11-20)18(22)21-12-8-17(9-13-21)23-16-4-2-15(19)3-5-16;14-13(15)9-1-3-10(4-2-9)16-11-5-7-12-8-6-11;1-5-2-3-7(9)6(4-5)8(10)11;1-9-4-2-6(3-5-9)7(8)10;2*1-2;;/h4-9,18,21,24H,10-17H2,1-3H3;2-5,14,17H,6-13H2,1H3;2-5,14,17H,6-13,19H2,1H3;1-4,11-12H,5-8H2;2-4H,9H2,1H3,(H,10,11);6H,2-5H2,1H3;1-2H3;2H,1H3;1H4;1H. The molecule has 0 saturated carbocycles. The number of nitrogens with one attached hydrogen (secondary N) is 1. The Hall–Kier alpha value is -10.1. The highest BCUT2D eigenvalue weighted by atomic mass is 35.5. The SMILES string of the molecule is C.CC.CN1CCC(C(=O)Cl)CC1.CN1CCC(C(=O)N2CCC(Oc3ccc(N)cc3)CC2)CC1.CN1CCC(C(=O)N2CCC(Oc3ccc([N+](=O)[O-])cc3)CC2)CC1.CO.Cc1ccc(N)c(C(=O)O)c1.Cc1ccc2nc(C)n(-c3ccc(OC4CCN(C(=O)C5CCN(C)CC5)CC4)cc3)c(=O)c2c1.Cl.O=[N+]([O-])c1ccc(OC2CCNCC2)cc1. The maximum Gasteiger partial charge on any atom is 0.337 e. The maximum atomic E-state index is 13.2. The minimum absolute atomic E-state index is 0. The minimum atomic E-state index is -0.980. The molecular weight excluding hydrogens is 1650 g/mol. The fraction of sp³-hybridized carbons (Fsp3) is 0.543. The molecule has 9 heterocycles. The lowest BCUT2D eigenvalue weighted by Crippen LogP contribution is -2.46. The Labute approximate surface area is 754 Å². The Bertz CT molecular complexity index is 4550.